The van der Waals surface area contributed by atoms with Gasteiger partial charge in [0.05, 0.1) is 36.5 Å². The number of alkyl halides is 2. The molecule has 8 heteroatoms. The molecule has 6 nitrogen and oxygen atoms in total. The monoisotopic (exact) mass is 452 g/mol. The number of aryl methyl sites for hydroxylation is 1. The number of nitrogens with zero attached hydrogens (tertiary/aromatic N) is 3. The number of benzene rings is 2. The highest BCUT2D eigenvalue weighted by Gasteiger charge is 2.40. The first kappa shape index (κ1) is 20.6. The van der Waals surface area contributed by atoms with Crippen LogP contribution in [0.15, 0.2) is 30.3 Å². The summed E-state index contributed by atoms with van der Waals surface area (Å²) in [6.45, 7) is 6.58. The number of fused-ring (bicyclic) bond motifs is 5. The Hall–Kier alpha value is -3.00. The molecule has 172 valence electrons. The molecule has 1 saturated heterocycles. The molecule has 3 aromatic rings. The minimum absolute atomic E-state index is 0.130. The Morgan fingerprint density at radius 2 is 2.09 bits per heavy atom. The summed E-state index contributed by atoms with van der Waals surface area (Å²) in [6, 6.07) is 9.27. The fourth-order valence-electron chi connectivity index (χ4n) is 5.34. The minimum atomic E-state index is -2.75. The van der Waals surface area contributed by atoms with Gasteiger partial charge in [0.25, 0.3) is 5.92 Å². The molecule has 0 saturated carbocycles. The van der Waals surface area contributed by atoms with Crippen LogP contribution in [-0.4, -0.2) is 42.4 Å². The summed E-state index contributed by atoms with van der Waals surface area (Å²) in [6.07, 6.45) is 0.256. The Labute approximate surface area is 190 Å². The van der Waals surface area contributed by atoms with Gasteiger partial charge in [-0.3, -0.25) is 0 Å². The molecular formula is C25H26F2N4O2. The number of halogens is 2. The zero-order valence-electron chi connectivity index (χ0n) is 18.7. The van der Waals surface area contributed by atoms with Gasteiger partial charge in [-0.05, 0) is 37.5 Å². The summed E-state index contributed by atoms with van der Waals surface area (Å²) in [4.78, 5) is 11.7. The summed E-state index contributed by atoms with van der Waals surface area (Å²) in [7, 11) is 0. The number of hydrogen-bond acceptors (Lipinski definition) is 6. The van der Waals surface area contributed by atoms with Gasteiger partial charge in [0.1, 0.15) is 24.0 Å². The van der Waals surface area contributed by atoms with E-state index in [1.54, 1.807) is 12.1 Å². The lowest BCUT2D eigenvalue weighted by Crippen LogP contribution is -2.51. The van der Waals surface area contributed by atoms with Crippen molar-refractivity contribution >= 4 is 22.4 Å². The Morgan fingerprint density at radius 3 is 2.97 bits per heavy atom. The van der Waals surface area contributed by atoms with E-state index in [0.717, 1.165) is 40.0 Å². The largest absolute Gasteiger partial charge is 0.489 e. The number of morpholine rings is 1. The first-order chi connectivity index (χ1) is 15.9. The van der Waals surface area contributed by atoms with Crippen LogP contribution < -0.4 is 15.0 Å². The molecule has 2 aliphatic heterocycles. The van der Waals surface area contributed by atoms with Crippen molar-refractivity contribution in [2.45, 2.75) is 44.7 Å². The summed E-state index contributed by atoms with van der Waals surface area (Å²) in [5.41, 5.74) is 3.61. The topological polar surface area (TPSA) is 59.5 Å². The van der Waals surface area contributed by atoms with Crippen LogP contribution >= 0.6 is 0 Å². The fraction of sp³-hybridized carbons (Fsp3) is 0.440. The number of rotatable bonds is 3. The van der Waals surface area contributed by atoms with Crippen molar-refractivity contribution in [2.75, 3.05) is 36.6 Å². The molecule has 0 bridgehead atoms. The molecule has 1 fully saturated rings. The van der Waals surface area contributed by atoms with Crippen LogP contribution in [0.3, 0.4) is 0 Å². The third-order valence-corrected chi connectivity index (χ3v) is 6.97. The molecule has 3 aliphatic rings. The Balaban J connectivity index is 1.40. The van der Waals surface area contributed by atoms with Crippen LogP contribution in [0.4, 0.5) is 20.3 Å². The third-order valence-electron chi connectivity index (χ3n) is 6.97. The standard InChI is InChI=1S/C25H26F2N4O2/c1-14(17-4-3-5-20-18(17)6-7-25(20,26)27)28-24-19-10-22-23(11-21(19)29-15(2)30-24)33-13-16-12-32-9-8-31(16)22/h3-5,10-11,14,16H,6-9,12-13H2,1-2H3,(H,28,29,30)/t14-,16?/m1/s1. The lowest BCUT2D eigenvalue weighted by molar-refractivity contribution is -0.00184. The van der Waals surface area contributed by atoms with Crippen LogP contribution in [0.1, 0.15) is 41.9 Å². The van der Waals surface area contributed by atoms with Crippen molar-refractivity contribution in [3.8, 4) is 5.75 Å². The molecule has 1 aliphatic carbocycles. The van der Waals surface area contributed by atoms with E-state index in [4.69, 9.17) is 9.47 Å². The molecule has 2 atom stereocenters. The van der Waals surface area contributed by atoms with Crippen LogP contribution in [0.25, 0.3) is 10.9 Å². The average Bonchev–Trinajstić information content (AvgIpc) is 3.12. The van der Waals surface area contributed by atoms with Crippen molar-refractivity contribution in [3.05, 3.63) is 52.8 Å². The van der Waals surface area contributed by atoms with Gasteiger partial charge >= 0.3 is 0 Å². The van der Waals surface area contributed by atoms with Gasteiger partial charge in [0, 0.05) is 30.0 Å². The van der Waals surface area contributed by atoms with Gasteiger partial charge in [0.2, 0.25) is 0 Å². The van der Waals surface area contributed by atoms with Gasteiger partial charge in [-0.1, -0.05) is 18.2 Å². The third kappa shape index (κ3) is 3.39. The first-order valence-electron chi connectivity index (χ1n) is 11.5. The Morgan fingerprint density at radius 1 is 1.21 bits per heavy atom. The second-order valence-corrected chi connectivity index (χ2v) is 9.13. The zero-order chi connectivity index (χ0) is 22.7. The van der Waals surface area contributed by atoms with Crippen LogP contribution in [0.2, 0.25) is 0 Å². The van der Waals surface area contributed by atoms with Crippen molar-refractivity contribution in [1.29, 1.82) is 0 Å². The smallest absolute Gasteiger partial charge is 0.273 e. The SMILES string of the molecule is Cc1nc(N[C@H](C)c2cccc3c2CCC3(F)F)c2cc3c(cc2n1)OCC1COCCN31. The van der Waals surface area contributed by atoms with Gasteiger partial charge in [-0.15, -0.1) is 0 Å². The number of anilines is 2. The van der Waals surface area contributed by atoms with E-state index in [-0.39, 0.29) is 24.1 Å². The van der Waals surface area contributed by atoms with Gasteiger partial charge in [-0.2, -0.15) is 0 Å². The number of aromatic nitrogens is 2. The normalized spacial score (nSPS) is 21.7. The molecule has 6 rings (SSSR count). The van der Waals surface area contributed by atoms with E-state index >= 15 is 0 Å². The highest BCUT2D eigenvalue weighted by atomic mass is 19.3. The highest BCUT2D eigenvalue weighted by Crippen LogP contribution is 2.45. The van der Waals surface area contributed by atoms with Crippen molar-refractivity contribution in [3.63, 3.8) is 0 Å². The molecule has 0 spiro atoms. The van der Waals surface area contributed by atoms with Crippen LogP contribution in [-0.2, 0) is 17.1 Å². The summed E-state index contributed by atoms with van der Waals surface area (Å²) < 4.78 is 40.2. The molecule has 33 heavy (non-hydrogen) atoms. The fourth-order valence-corrected chi connectivity index (χ4v) is 5.34. The molecule has 1 unspecified atom stereocenters. The van der Waals surface area contributed by atoms with Crippen LogP contribution in [0, 0.1) is 6.92 Å². The van der Waals surface area contributed by atoms with Gasteiger partial charge in [0.15, 0.2) is 0 Å². The minimum Gasteiger partial charge on any atom is -0.489 e. The van der Waals surface area contributed by atoms with E-state index < -0.39 is 5.92 Å². The molecule has 1 aromatic heterocycles. The lowest BCUT2D eigenvalue weighted by atomic mass is 9.97. The zero-order valence-corrected chi connectivity index (χ0v) is 18.7. The summed E-state index contributed by atoms with van der Waals surface area (Å²) in [5, 5.41) is 4.39. The maximum absolute atomic E-state index is 14.3. The molecule has 0 radical (unpaired) electrons. The van der Waals surface area contributed by atoms with E-state index in [1.807, 2.05) is 26.0 Å². The second-order valence-electron chi connectivity index (χ2n) is 9.13. The quantitative estimate of drug-likeness (QED) is 0.619. The Bertz CT molecular complexity index is 1250. The maximum atomic E-state index is 14.3. The van der Waals surface area contributed by atoms with E-state index in [2.05, 4.69) is 26.3 Å². The van der Waals surface area contributed by atoms with Crippen LogP contribution in [0.5, 0.6) is 5.75 Å². The molecule has 1 N–H and O–H groups in total. The summed E-state index contributed by atoms with van der Waals surface area (Å²) in [5.74, 6) is -0.592. The van der Waals surface area contributed by atoms with Crippen molar-refractivity contribution < 1.29 is 18.3 Å². The molecule has 0 amide bonds. The predicted molar refractivity (Wildman–Crippen MR) is 122 cm³/mol. The second kappa shape index (κ2) is 7.52. The maximum Gasteiger partial charge on any atom is 0.273 e. The molecular weight excluding hydrogens is 426 g/mol. The average molecular weight is 453 g/mol. The molecule has 3 heterocycles. The summed E-state index contributed by atoms with van der Waals surface area (Å²) >= 11 is 0. The van der Waals surface area contributed by atoms with Gasteiger partial charge in [-0.25, -0.2) is 18.7 Å². The van der Waals surface area contributed by atoms with E-state index in [1.165, 1.54) is 0 Å². The van der Waals surface area contributed by atoms with E-state index in [0.29, 0.717) is 37.9 Å². The lowest BCUT2D eigenvalue weighted by Gasteiger charge is -2.41. The Kier molecular flexibility index (Phi) is 4.69. The van der Waals surface area contributed by atoms with Gasteiger partial charge < -0.3 is 19.7 Å². The highest BCUT2D eigenvalue weighted by molar-refractivity contribution is 5.94. The number of nitrogens with one attached hydrogen (secondary N) is 1. The first-order valence-corrected chi connectivity index (χ1v) is 11.5. The van der Waals surface area contributed by atoms with E-state index in [9.17, 15) is 8.78 Å². The number of hydrogen-bond donors (Lipinski definition) is 1. The molecule has 2 aromatic carbocycles. The van der Waals surface area contributed by atoms with Crippen molar-refractivity contribution in [2.24, 2.45) is 0 Å². The predicted octanol–water partition coefficient (Wildman–Crippen LogP) is 4.75. The number of ether oxygens (including phenoxy) is 2. The van der Waals surface area contributed by atoms with Crippen molar-refractivity contribution in [1.82, 2.24) is 9.97 Å².